The highest BCUT2D eigenvalue weighted by atomic mass is 16.5. The minimum atomic E-state index is 0.946. The molecule has 0 saturated heterocycles. The van der Waals surface area contributed by atoms with Crippen LogP contribution in [0.25, 0.3) is 0 Å². The van der Waals surface area contributed by atoms with E-state index in [0.717, 1.165) is 26.4 Å². The van der Waals surface area contributed by atoms with Crippen LogP contribution in [0.5, 0.6) is 0 Å². The van der Waals surface area contributed by atoms with Gasteiger partial charge in [0.25, 0.3) is 0 Å². The molecule has 0 aliphatic carbocycles. The van der Waals surface area contributed by atoms with Crippen molar-refractivity contribution in [2.24, 2.45) is 0 Å². The molecule has 0 radical (unpaired) electrons. The van der Waals surface area contributed by atoms with Crippen LogP contribution in [0.15, 0.2) is 0 Å². The average Bonchev–Trinajstić information content (AvgIpc) is 2.43. The summed E-state index contributed by atoms with van der Waals surface area (Å²) < 4.78 is 11.2. The Morgan fingerprint density at radius 1 is 0.421 bits per heavy atom. The molecule has 0 spiro atoms. The van der Waals surface area contributed by atoms with Crippen molar-refractivity contribution in [3.05, 3.63) is 0 Å². The third kappa shape index (κ3) is 17.9. The predicted molar refractivity (Wildman–Crippen MR) is 83.8 cm³/mol. The van der Waals surface area contributed by atoms with Crippen molar-refractivity contribution in [3.63, 3.8) is 0 Å². The molecule has 0 saturated carbocycles. The summed E-state index contributed by atoms with van der Waals surface area (Å²) in [5.74, 6) is 0. The molecule has 116 valence electrons. The Morgan fingerprint density at radius 3 is 1.16 bits per heavy atom. The van der Waals surface area contributed by atoms with Gasteiger partial charge < -0.3 is 9.47 Å². The molecule has 19 heavy (non-hydrogen) atoms. The van der Waals surface area contributed by atoms with Crippen LogP contribution in [0.2, 0.25) is 0 Å². The minimum Gasteiger partial charge on any atom is -0.381 e. The van der Waals surface area contributed by atoms with Gasteiger partial charge in [-0.1, -0.05) is 58.8 Å². The zero-order chi connectivity index (χ0) is 14.0. The van der Waals surface area contributed by atoms with Crippen molar-refractivity contribution < 1.29 is 9.47 Å². The van der Waals surface area contributed by atoms with Gasteiger partial charge in [-0.3, -0.25) is 0 Å². The standard InChI is InChI=1S/C17H36O2/c1-3-5-7-11-15-19-17-13-9-8-12-16-18-14-10-6-4-2/h3-17H2,1-2H3. The Hall–Kier alpha value is -0.0800. The number of rotatable bonds is 16. The second-order valence-electron chi connectivity index (χ2n) is 5.41. The Bertz CT molecular complexity index is 132. The smallest absolute Gasteiger partial charge is 0.0466 e. The van der Waals surface area contributed by atoms with Gasteiger partial charge in [0.1, 0.15) is 0 Å². The summed E-state index contributed by atoms with van der Waals surface area (Å²) in [5.41, 5.74) is 0. The summed E-state index contributed by atoms with van der Waals surface area (Å²) in [6.45, 7) is 8.28. The molecular weight excluding hydrogens is 236 g/mol. The van der Waals surface area contributed by atoms with Crippen molar-refractivity contribution in [1.82, 2.24) is 0 Å². The zero-order valence-electron chi connectivity index (χ0n) is 13.4. The van der Waals surface area contributed by atoms with Crippen molar-refractivity contribution in [2.45, 2.75) is 84.5 Å². The van der Waals surface area contributed by atoms with Crippen LogP contribution in [-0.2, 0) is 9.47 Å². The van der Waals surface area contributed by atoms with E-state index >= 15 is 0 Å². The Kier molecular flexibility index (Phi) is 17.8. The van der Waals surface area contributed by atoms with Gasteiger partial charge in [0.15, 0.2) is 0 Å². The zero-order valence-corrected chi connectivity index (χ0v) is 13.4. The lowest BCUT2D eigenvalue weighted by Crippen LogP contribution is -1.99. The van der Waals surface area contributed by atoms with E-state index in [9.17, 15) is 0 Å². The molecule has 0 heterocycles. The number of hydrogen-bond donors (Lipinski definition) is 0. The second kappa shape index (κ2) is 17.9. The minimum absolute atomic E-state index is 0.946. The van der Waals surface area contributed by atoms with Gasteiger partial charge in [-0.2, -0.15) is 0 Å². The van der Waals surface area contributed by atoms with Gasteiger partial charge in [-0.05, 0) is 25.7 Å². The van der Waals surface area contributed by atoms with Crippen LogP contribution in [0.3, 0.4) is 0 Å². The van der Waals surface area contributed by atoms with E-state index in [1.807, 2.05) is 0 Å². The van der Waals surface area contributed by atoms with Gasteiger partial charge in [0.05, 0.1) is 0 Å². The first-order valence-electron chi connectivity index (χ1n) is 8.57. The molecular formula is C17H36O2. The molecule has 0 aliphatic rings. The Morgan fingerprint density at radius 2 is 0.737 bits per heavy atom. The fourth-order valence-corrected chi connectivity index (χ4v) is 2.05. The van der Waals surface area contributed by atoms with E-state index in [4.69, 9.17) is 9.47 Å². The van der Waals surface area contributed by atoms with Gasteiger partial charge >= 0.3 is 0 Å². The maximum atomic E-state index is 5.62. The lowest BCUT2D eigenvalue weighted by molar-refractivity contribution is 0.117. The molecule has 2 nitrogen and oxygen atoms in total. The highest BCUT2D eigenvalue weighted by molar-refractivity contribution is 4.44. The number of hydrogen-bond acceptors (Lipinski definition) is 2. The Balaban J connectivity index is 2.88. The molecule has 0 aromatic carbocycles. The number of unbranched alkanes of at least 4 members (excludes halogenated alkanes) is 8. The number of ether oxygens (including phenoxy) is 2. The van der Waals surface area contributed by atoms with Crippen LogP contribution in [0, 0.1) is 0 Å². The molecule has 2 heteroatoms. The van der Waals surface area contributed by atoms with Crippen molar-refractivity contribution in [1.29, 1.82) is 0 Å². The second-order valence-corrected chi connectivity index (χ2v) is 5.41. The first-order chi connectivity index (χ1) is 9.41. The highest BCUT2D eigenvalue weighted by Gasteiger charge is 1.93. The fourth-order valence-electron chi connectivity index (χ4n) is 2.05. The molecule has 0 rings (SSSR count). The summed E-state index contributed by atoms with van der Waals surface area (Å²) >= 11 is 0. The predicted octanol–water partition coefficient (Wildman–Crippen LogP) is 5.35. The molecule has 0 aliphatic heterocycles. The maximum Gasteiger partial charge on any atom is 0.0466 e. The summed E-state index contributed by atoms with van der Waals surface area (Å²) in [6.07, 6.45) is 14.0. The molecule has 0 atom stereocenters. The van der Waals surface area contributed by atoms with Crippen molar-refractivity contribution >= 4 is 0 Å². The van der Waals surface area contributed by atoms with E-state index in [2.05, 4.69) is 13.8 Å². The maximum absolute atomic E-state index is 5.62. The van der Waals surface area contributed by atoms with Crippen molar-refractivity contribution in [2.75, 3.05) is 26.4 Å². The monoisotopic (exact) mass is 272 g/mol. The van der Waals surface area contributed by atoms with E-state index in [0.29, 0.717) is 0 Å². The van der Waals surface area contributed by atoms with Crippen LogP contribution in [-0.4, -0.2) is 26.4 Å². The third-order valence-corrected chi connectivity index (χ3v) is 3.36. The van der Waals surface area contributed by atoms with Crippen LogP contribution < -0.4 is 0 Å². The van der Waals surface area contributed by atoms with Gasteiger partial charge in [-0.25, -0.2) is 0 Å². The topological polar surface area (TPSA) is 18.5 Å². The quantitative estimate of drug-likeness (QED) is 0.353. The summed E-state index contributed by atoms with van der Waals surface area (Å²) in [7, 11) is 0. The lowest BCUT2D eigenvalue weighted by Gasteiger charge is -2.05. The molecule has 0 N–H and O–H groups in total. The van der Waals surface area contributed by atoms with Crippen LogP contribution >= 0.6 is 0 Å². The van der Waals surface area contributed by atoms with Gasteiger partial charge in [-0.15, -0.1) is 0 Å². The van der Waals surface area contributed by atoms with Crippen LogP contribution in [0.1, 0.15) is 84.5 Å². The lowest BCUT2D eigenvalue weighted by atomic mass is 10.2. The summed E-state index contributed by atoms with van der Waals surface area (Å²) in [6, 6.07) is 0. The largest absolute Gasteiger partial charge is 0.381 e. The molecule has 0 aromatic heterocycles. The first-order valence-corrected chi connectivity index (χ1v) is 8.57. The van der Waals surface area contributed by atoms with Gasteiger partial charge in [0.2, 0.25) is 0 Å². The molecule has 0 amide bonds. The third-order valence-electron chi connectivity index (χ3n) is 3.36. The van der Waals surface area contributed by atoms with E-state index in [1.54, 1.807) is 0 Å². The van der Waals surface area contributed by atoms with Crippen LogP contribution in [0.4, 0.5) is 0 Å². The highest BCUT2D eigenvalue weighted by Crippen LogP contribution is 2.03. The average molecular weight is 272 g/mol. The van der Waals surface area contributed by atoms with Crippen molar-refractivity contribution in [3.8, 4) is 0 Å². The molecule has 0 bridgehead atoms. The Labute approximate surface area is 121 Å². The van der Waals surface area contributed by atoms with Gasteiger partial charge in [0, 0.05) is 26.4 Å². The molecule has 0 aromatic rings. The first kappa shape index (κ1) is 18.9. The fraction of sp³-hybridized carbons (Fsp3) is 1.00. The molecule has 0 fully saturated rings. The van der Waals surface area contributed by atoms with E-state index in [1.165, 1.54) is 70.6 Å². The SMILES string of the molecule is CCCCCCOCCCCCCOCCCCC. The normalized spacial score (nSPS) is 11.1. The van der Waals surface area contributed by atoms with E-state index < -0.39 is 0 Å². The summed E-state index contributed by atoms with van der Waals surface area (Å²) in [5, 5.41) is 0. The summed E-state index contributed by atoms with van der Waals surface area (Å²) in [4.78, 5) is 0. The molecule has 0 unspecified atom stereocenters. The van der Waals surface area contributed by atoms with E-state index in [-0.39, 0.29) is 0 Å².